The van der Waals surface area contributed by atoms with Crippen molar-refractivity contribution in [3.63, 3.8) is 0 Å². The maximum atomic E-state index is 4.14. The van der Waals surface area contributed by atoms with E-state index < -0.39 is 0 Å². The van der Waals surface area contributed by atoms with Gasteiger partial charge in [-0.2, -0.15) is 5.10 Å². The lowest BCUT2D eigenvalue weighted by molar-refractivity contribution is 0.660. The van der Waals surface area contributed by atoms with Gasteiger partial charge in [-0.3, -0.25) is 4.68 Å². The largest absolute Gasteiger partial charge is 0.383 e. The Morgan fingerprint density at radius 2 is 2.36 bits per heavy atom. The fourth-order valence-corrected chi connectivity index (χ4v) is 0.897. The van der Waals surface area contributed by atoms with E-state index in [0.717, 1.165) is 25.2 Å². The van der Waals surface area contributed by atoms with Crippen LogP contribution in [0.15, 0.2) is 12.4 Å². The van der Waals surface area contributed by atoms with Crippen LogP contribution in [-0.4, -0.2) is 16.3 Å². The molecule has 0 aromatic carbocycles. The molecule has 0 aliphatic heterocycles. The van der Waals surface area contributed by atoms with Crippen molar-refractivity contribution in [3.8, 4) is 0 Å². The average Bonchev–Trinajstić information content (AvgIpc) is 2.48. The van der Waals surface area contributed by atoms with Gasteiger partial charge in [0.15, 0.2) is 0 Å². The molecule has 0 radical (unpaired) electrons. The number of hydrogen-bond donors (Lipinski definition) is 1. The summed E-state index contributed by atoms with van der Waals surface area (Å²) in [5, 5.41) is 7.41. The zero-order chi connectivity index (χ0) is 8.10. The van der Waals surface area contributed by atoms with Gasteiger partial charge in [0.05, 0.1) is 11.9 Å². The highest BCUT2D eigenvalue weighted by molar-refractivity contribution is 5.37. The maximum Gasteiger partial charge on any atom is 0.0726 e. The lowest BCUT2D eigenvalue weighted by atomic mass is 10.4. The molecule has 1 aromatic heterocycles. The molecule has 0 amide bonds. The lowest BCUT2D eigenvalue weighted by Crippen LogP contribution is -1.98. The lowest BCUT2D eigenvalue weighted by Gasteiger charge is -1.97. The van der Waals surface area contributed by atoms with E-state index in [2.05, 4.69) is 24.3 Å². The zero-order valence-electron chi connectivity index (χ0n) is 7.17. The average molecular weight is 153 g/mol. The van der Waals surface area contributed by atoms with E-state index in [4.69, 9.17) is 0 Å². The van der Waals surface area contributed by atoms with Crippen molar-refractivity contribution >= 4 is 5.69 Å². The molecule has 3 heteroatoms. The van der Waals surface area contributed by atoms with Crippen LogP contribution < -0.4 is 5.32 Å². The molecule has 0 saturated carbocycles. The van der Waals surface area contributed by atoms with Gasteiger partial charge >= 0.3 is 0 Å². The summed E-state index contributed by atoms with van der Waals surface area (Å²) in [6.07, 6.45) is 5.03. The Balaban J connectivity index is 2.44. The third-order valence-electron chi connectivity index (χ3n) is 1.54. The molecule has 0 aliphatic rings. The van der Waals surface area contributed by atoms with E-state index >= 15 is 0 Å². The molecule has 0 saturated heterocycles. The number of aryl methyl sites for hydroxylation is 1. The molecule has 1 rings (SSSR count). The SMILES string of the molecule is CCCNc1cnn(CC)c1. The van der Waals surface area contributed by atoms with Gasteiger partial charge in [-0.25, -0.2) is 0 Å². The summed E-state index contributed by atoms with van der Waals surface area (Å²) in [6.45, 7) is 6.19. The Kier molecular flexibility index (Phi) is 2.95. The van der Waals surface area contributed by atoms with E-state index in [9.17, 15) is 0 Å². The Morgan fingerprint density at radius 1 is 1.55 bits per heavy atom. The van der Waals surface area contributed by atoms with E-state index in [1.807, 2.05) is 17.1 Å². The molecule has 1 N–H and O–H groups in total. The molecular weight excluding hydrogens is 138 g/mol. The number of aromatic nitrogens is 2. The van der Waals surface area contributed by atoms with Crippen molar-refractivity contribution < 1.29 is 0 Å². The van der Waals surface area contributed by atoms with Crippen molar-refractivity contribution in [1.29, 1.82) is 0 Å². The molecule has 0 fully saturated rings. The topological polar surface area (TPSA) is 29.9 Å². The van der Waals surface area contributed by atoms with Gasteiger partial charge in [-0.1, -0.05) is 6.92 Å². The van der Waals surface area contributed by atoms with Crippen LogP contribution in [0.2, 0.25) is 0 Å². The quantitative estimate of drug-likeness (QED) is 0.713. The van der Waals surface area contributed by atoms with Gasteiger partial charge in [-0.05, 0) is 13.3 Å². The van der Waals surface area contributed by atoms with E-state index in [0.29, 0.717) is 0 Å². The van der Waals surface area contributed by atoms with Crippen LogP contribution in [-0.2, 0) is 6.54 Å². The van der Waals surface area contributed by atoms with E-state index in [1.165, 1.54) is 0 Å². The molecule has 1 aromatic rings. The van der Waals surface area contributed by atoms with Crippen molar-refractivity contribution in [2.24, 2.45) is 0 Å². The monoisotopic (exact) mass is 153 g/mol. The highest BCUT2D eigenvalue weighted by Gasteiger charge is 1.93. The number of hydrogen-bond acceptors (Lipinski definition) is 2. The Hall–Kier alpha value is -0.990. The fraction of sp³-hybridized carbons (Fsp3) is 0.625. The van der Waals surface area contributed by atoms with Crippen LogP contribution in [0.3, 0.4) is 0 Å². The van der Waals surface area contributed by atoms with Crippen LogP contribution in [0.1, 0.15) is 20.3 Å². The minimum atomic E-state index is 0.938. The van der Waals surface area contributed by atoms with Gasteiger partial charge in [-0.15, -0.1) is 0 Å². The van der Waals surface area contributed by atoms with Gasteiger partial charge in [0.1, 0.15) is 0 Å². The summed E-state index contributed by atoms with van der Waals surface area (Å²) in [6, 6.07) is 0. The molecule has 0 bridgehead atoms. The smallest absolute Gasteiger partial charge is 0.0726 e. The van der Waals surface area contributed by atoms with Crippen LogP contribution in [0, 0.1) is 0 Å². The van der Waals surface area contributed by atoms with Crippen molar-refractivity contribution in [1.82, 2.24) is 9.78 Å². The van der Waals surface area contributed by atoms with Crippen molar-refractivity contribution in [2.45, 2.75) is 26.8 Å². The molecule has 0 unspecified atom stereocenters. The Morgan fingerprint density at radius 3 is 2.91 bits per heavy atom. The summed E-state index contributed by atoms with van der Waals surface area (Å²) >= 11 is 0. The minimum Gasteiger partial charge on any atom is -0.383 e. The molecule has 3 nitrogen and oxygen atoms in total. The minimum absolute atomic E-state index is 0.938. The van der Waals surface area contributed by atoms with Crippen molar-refractivity contribution in [3.05, 3.63) is 12.4 Å². The van der Waals surface area contributed by atoms with Crippen LogP contribution in [0.4, 0.5) is 5.69 Å². The number of anilines is 1. The van der Waals surface area contributed by atoms with Gasteiger partial charge < -0.3 is 5.32 Å². The third kappa shape index (κ3) is 2.26. The second kappa shape index (κ2) is 4.01. The first-order valence-corrected chi connectivity index (χ1v) is 4.13. The van der Waals surface area contributed by atoms with Crippen LogP contribution in [0.25, 0.3) is 0 Å². The second-order valence-corrected chi connectivity index (χ2v) is 2.51. The summed E-state index contributed by atoms with van der Waals surface area (Å²) < 4.78 is 1.91. The molecule has 11 heavy (non-hydrogen) atoms. The molecule has 0 spiro atoms. The van der Waals surface area contributed by atoms with Gasteiger partial charge in [0.2, 0.25) is 0 Å². The molecule has 0 aliphatic carbocycles. The Bertz CT molecular complexity index is 205. The van der Waals surface area contributed by atoms with Crippen LogP contribution in [0.5, 0.6) is 0 Å². The molecule has 0 atom stereocenters. The molecular formula is C8H15N3. The molecule has 62 valence electrons. The Labute approximate surface area is 67.4 Å². The highest BCUT2D eigenvalue weighted by Crippen LogP contribution is 2.03. The van der Waals surface area contributed by atoms with Gasteiger partial charge in [0.25, 0.3) is 0 Å². The first-order chi connectivity index (χ1) is 5.36. The number of rotatable bonds is 4. The highest BCUT2D eigenvalue weighted by atomic mass is 15.3. The third-order valence-corrected chi connectivity index (χ3v) is 1.54. The maximum absolute atomic E-state index is 4.14. The summed E-state index contributed by atoms with van der Waals surface area (Å²) in [7, 11) is 0. The van der Waals surface area contributed by atoms with E-state index in [-0.39, 0.29) is 0 Å². The zero-order valence-corrected chi connectivity index (χ0v) is 7.17. The fourth-order valence-electron chi connectivity index (χ4n) is 0.897. The second-order valence-electron chi connectivity index (χ2n) is 2.51. The van der Waals surface area contributed by atoms with Crippen LogP contribution >= 0.6 is 0 Å². The van der Waals surface area contributed by atoms with E-state index in [1.54, 1.807) is 0 Å². The normalized spacial score (nSPS) is 10.0. The van der Waals surface area contributed by atoms with Crippen molar-refractivity contribution in [2.75, 3.05) is 11.9 Å². The number of nitrogens with one attached hydrogen (secondary N) is 1. The predicted molar refractivity (Wildman–Crippen MR) is 46.7 cm³/mol. The first-order valence-electron chi connectivity index (χ1n) is 4.13. The standard InChI is InChI=1S/C8H15N3/c1-3-5-9-8-6-10-11(4-2)7-8/h6-7,9H,3-5H2,1-2H3. The molecule has 1 heterocycles. The first kappa shape index (κ1) is 8.11. The van der Waals surface area contributed by atoms with Gasteiger partial charge in [0, 0.05) is 19.3 Å². The number of nitrogens with zero attached hydrogens (tertiary/aromatic N) is 2. The predicted octanol–water partition coefficient (Wildman–Crippen LogP) is 1.72. The summed E-state index contributed by atoms with van der Waals surface area (Å²) in [4.78, 5) is 0. The summed E-state index contributed by atoms with van der Waals surface area (Å²) in [5.74, 6) is 0. The summed E-state index contributed by atoms with van der Waals surface area (Å²) in [5.41, 5.74) is 1.12.